The third-order valence-electron chi connectivity index (χ3n) is 4.04. The van der Waals surface area contributed by atoms with E-state index in [1.165, 1.54) is 11.1 Å². The van der Waals surface area contributed by atoms with Gasteiger partial charge in [0.05, 0.1) is 5.92 Å². The van der Waals surface area contributed by atoms with Crippen molar-refractivity contribution in [3.63, 3.8) is 0 Å². The predicted molar refractivity (Wildman–Crippen MR) is 66.0 cm³/mol. The van der Waals surface area contributed by atoms with Gasteiger partial charge in [-0.2, -0.15) is 0 Å². The smallest absolute Gasteiger partial charge is 0.227 e. The first-order chi connectivity index (χ1) is 8.25. The number of fused-ring (bicyclic) bond motifs is 1. The number of benzene rings is 1. The highest BCUT2D eigenvalue weighted by Crippen LogP contribution is 2.30. The second kappa shape index (κ2) is 4.15. The van der Waals surface area contributed by atoms with E-state index in [-0.39, 0.29) is 17.9 Å². The molecular weight excluding hydrogens is 212 g/mol. The molecule has 1 saturated carbocycles. The molecule has 2 atom stereocenters. The molecule has 1 aromatic carbocycles. The van der Waals surface area contributed by atoms with E-state index in [0.717, 1.165) is 32.4 Å². The van der Waals surface area contributed by atoms with Crippen molar-refractivity contribution < 1.29 is 4.79 Å². The van der Waals surface area contributed by atoms with Gasteiger partial charge in [-0.25, -0.2) is 0 Å². The largest absolute Gasteiger partial charge is 0.334 e. The number of nitrogens with two attached hydrogens (primary N) is 1. The number of nitrogens with zero attached hydrogens (tertiary/aromatic N) is 1. The third-order valence-corrected chi connectivity index (χ3v) is 4.04. The number of carbonyl (C=O) groups excluding carboxylic acids is 1. The lowest BCUT2D eigenvalue weighted by Crippen LogP contribution is -2.39. The summed E-state index contributed by atoms with van der Waals surface area (Å²) in [5, 5.41) is 0. The fourth-order valence-electron chi connectivity index (χ4n) is 3.02. The van der Waals surface area contributed by atoms with E-state index in [4.69, 9.17) is 5.73 Å². The Morgan fingerprint density at radius 2 is 1.82 bits per heavy atom. The predicted octanol–water partition coefficient (Wildman–Crippen LogP) is 1.66. The van der Waals surface area contributed by atoms with Crippen LogP contribution in [0.15, 0.2) is 24.3 Å². The summed E-state index contributed by atoms with van der Waals surface area (Å²) < 4.78 is 0. The second-order valence-corrected chi connectivity index (χ2v) is 5.16. The van der Waals surface area contributed by atoms with Gasteiger partial charge in [0.25, 0.3) is 0 Å². The highest BCUT2D eigenvalue weighted by Gasteiger charge is 2.35. The summed E-state index contributed by atoms with van der Waals surface area (Å²) >= 11 is 0. The molecule has 1 heterocycles. The molecule has 2 unspecified atom stereocenters. The van der Waals surface area contributed by atoms with Gasteiger partial charge in [-0.1, -0.05) is 30.7 Å². The quantitative estimate of drug-likeness (QED) is 0.797. The van der Waals surface area contributed by atoms with Gasteiger partial charge in [-0.05, 0) is 24.0 Å². The normalized spacial score (nSPS) is 27.2. The molecule has 1 aliphatic carbocycles. The van der Waals surface area contributed by atoms with Crippen molar-refractivity contribution in [2.24, 2.45) is 11.7 Å². The molecule has 3 heteroatoms. The van der Waals surface area contributed by atoms with Crippen molar-refractivity contribution in [2.45, 2.75) is 38.4 Å². The van der Waals surface area contributed by atoms with Crippen LogP contribution in [0.1, 0.15) is 30.4 Å². The first kappa shape index (κ1) is 10.8. The molecule has 0 spiro atoms. The molecule has 1 fully saturated rings. The van der Waals surface area contributed by atoms with Gasteiger partial charge in [0, 0.05) is 19.1 Å². The Kier molecular flexibility index (Phi) is 2.63. The Labute approximate surface area is 102 Å². The number of hydrogen-bond donors (Lipinski definition) is 1. The van der Waals surface area contributed by atoms with E-state index in [2.05, 4.69) is 12.1 Å². The molecule has 3 nitrogen and oxygen atoms in total. The summed E-state index contributed by atoms with van der Waals surface area (Å²) in [4.78, 5) is 14.3. The molecular formula is C14H18N2O. The van der Waals surface area contributed by atoms with Gasteiger partial charge in [0.15, 0.2) is 0 Å². The average molecular weight is 230 g/mol. The van der Waals surface area contributed by atoms with Gasteiger partial charge in [-0.3, -0.25) is 4.79 Å². The standard InChI is InChI=1S/C14H18N2O/c15-13-7-3-6-12(13)14(17)16-8-10-4-1-2-5-11(10)9-16/h1-2,4-5,12-13H,3,6-9,15H2. The second-order valence-electron chi connectivity index (χ2n) is 5.16. The molecule has 0 aromatic heterocycles. The van der Waals surface area contributed by atoms with Crippen LogP contribution >= 0.6 is 0 Å². The van der Waals surface area contributed by atoms with Crippen LogP contribution in [-0.2, 0) is 17.9 Å². The van der Waals surface area contributed by atoms with Crippen molar-refractivity contribution in [1.82, 2.24) is 4.90 Å². The molecule has 1 amide bonds. The minimum absolute atomic E-state index is 0.0595. The number of rotatable bonds is 1. The van der Waals surface area contributed by atoms with Crippen LogP contribution in [0, 0.1) is 5.92 Å². The Balaban J connectivity index is 1.74. The van der Waals surface area contributed by atoms with Crippen LogP contribution in [0.4, 0.5) is 0 Å². The van der Waals surface area contributed by atoms with Crippen LogP contribution in [0.3, 0.4) is 0 Å². The molecule has 2 N–H and O–H groups in total. The zero-order chi connectivity index (χ0) is 11.8. The highest BCUT2D eigenvalue weighted by atomic mass is 16.2. The number of carbonyl (C=O) groups is 1. The van der Waals surface area contributed by atoms with E-state index in [9.17, 15) is 4.79 Å². The summed E-state index contributed by atoms with van der Waals surface area (Å²) in [6.07, 6.45) is 3.06. The molecule has 0 radical (unpaired) electrons. The molecule has 0 saturated heterocycles. The lowest BCUT2D eigenvalue weighted by molar-refractivity contribution is -0.136. The average Bonchev–Trinajstić information content (AvgIpc) is 2.93. The first-order valence-electron chi connectivity index (χ1n) is 6.37. The van der Waals surface area contributed by atoms with Crippen LogP contribution in [0.2, 0.25) is 0 Å². The van der Waals surface area contributed by atoms with Crippen LogP contribution < -0.4 is 5.73 Å². The SMILES string of the molecule is NC1CCCC1C(=O)N1Cc2ccccc2C1. The lowest BCUT2D eigenvalue weighted by Gasteiger charge is -2.22. The van der Waals surface area contributed by atoms with Crippen molar-refractivity contribution in [2.75, 3.05) is 0 Å². The maximum Gasteiger partial charge on any atom is 0.227 e. The highest BCUT2D eigenvalue weighted by molar-refractivity contribution is 5.80. The van der Waals surface area contributed by atoms with Gasteiger partial charge < -0.3 is 10.6 Å². The summed E-state index contributed by atoms with van der Waals surface area (Å²) in [5.41, 5.74) is 8.57. The fraction of sp³-hybridized carbons (Fsp3) is 0.500. The zero-order valence-electron chi connectivity index (χ0n) is 9.93. The van der Waals surface area contributed by atoms with Crippen molar-refractivity contribution in [3.8, 4) is 0 Å². The molecule has 0 bridgehead atoms. The van der Waals surface area contributed by atoms with Crippen LogP contribution in [0.5, 0.6) is 0 Å². The summed E-state index contributed by atoms with van der Waals surface area (Å²) in [6.45, 7) is 1.52. The van der Waals surface area contributed by atoms with Crippen molar-refractivity contribution in [1.29, 1.82) is 0 Å². The Morgan fingerprint density at radius 3 is 2.35 bits per heavy atom. The molecule has 1 aliphatic heterocycles. The number of hydrogen-bond acceptors (Lipinski definition) is 2. The van der Waals surface area contributed by atoms with E-state index >= 15 is 0 Å². The summed E-state index contributed by atoms with van der Waals surface area (Å²) in [7, 11) is 0. The van der Waals surface area contributed by atoms with Crippen LogP contribution in [-0.4, -0.2) is 16.8 Å². The molecule has 1 aromatic rings. The maximum atomic E-state index is 12.4. The Bertz CT molecular complexity index is 419. The van der Waals surface area contributed by atoms with E-state index < -0.39 is 0 Å². The van der Waals surface area contributed by atoms with Gasteiger partial charge in [0.2, 0.25) is 5.91 Å². The monoisotopic (exact) mass is 230 g/mol. The first-order valence-corrected chi connectivity index (χ1v) is 6.37. The molecule has 3 rings (SSSR count). The minimum Gasteiger partial charge on any atom is -0.334 e. The minimum atomic E-state index is 0.0595. The molecule has 17 heavy (non-hydrogen) atoms. The van der Waals surface area contributed by atoms with Crippen molar-refractivity contribution >= 4 is 5.91 Å². The van der Waals surface area contributed by atoms with Crippen molar-refractivity contribution in [3.05, 3.63) is 35.4 Å². The summed E-state index contributed by atoms with van der Waals surface area (Å²) in [6, 6.07) is 8.36. The zero-order valence-corrected chi connectivity index (χ0v) is 9.93. The molecule has 2 aliphatic rings. The summed E-state index contributed by atoms with van der Waals surface area (Å²) in [5.74, 6) is 0.315. The van der Waals surface area contributed by atoms with Gasteiger partial charge in [-0.15, -0.1) is 0 Å². The Morgan fingerprint density at radius 1 is 1.18 bits per heavy atom. The fourth-order valence-corrected chi connectivity index (χ4v) is 3.02. The van der Waals surface area contributed by atoms with E-state index in [1.54, 1.807) is 0 Å². The lowest BCUT2D eigenvalue weighted by atomic mass is 10.0. The molecule has 90 valence electrons. The Hall–Kier alpha value is -1.35. The van der Waals surface area contributed by atoms with Gasteiger partial charge >= 0.3 is 0 Å². The van der Waals surface area contributed by atoms with E-state index in [1.807, 2.05) is 17.0 Å². The number of amides is 1. The van der Waals surface area contributed by atoms with E-state index in [0.29, 0.717) is 0 Å². The maximum absolute atomic E-state index is 12.4. The van der Waals surface area contributed by atoms with Crippen LogP contribution in [0.25, 0.3) is 0 Å². The topological polar surface area (TPSA) is 46.3 Å². The third kappa shape index (κ3) is 1.84. The van der Waals surface area contributed by atoms with Gasteiger partial charge in [0.1, 0.15) is 0 Å².